The summed E-state index contributed by atoms with van der Waals surface area (Å²) in [6, 6.07) is 4.51. The van der Waals surface area contributed by atoms with Crippen LogP contribution in [-0.2, 0) is 10.1 Å². The molecule has 0 atom stereocenters. The van der Waals surface area contributed by atoms with Crippen molar-refractivity contribution >= 4 is 15.9 Å². The molecule has 0 bridgehead atoms. The first kappa shape index (κ1) is 28.2. The van der Waals surface area contributed by atoms with Gasteiger partial charge in [0.05, 0.1) is 12.9 Å². The van der Waals surface area contributed by atoms with E-state index >= 15 is 0 Å². The van der Waals surface area contributed by atoms with E-state index in [4.69, 9.17) is 8.92 Å². The number of ether oxygens (including phenoxy) is 1. The molecule has 0 amide bonds. The van der Waals surface area contributed by atoms with E-state index in [0.29, 0.717) is 17.9 Å². The molecule has 0 saturated carbocycles. The predicted octanol–water partition coefficient (Wildman–Crippen LogP) is 2.81. The summed E-state index contributed by atoms with van der Waals surface area (Å²) in [5, 5.41) is 0. The number of carbonyl (C=O) groups excluding carboxylic acids is 1. The largest absolute Gasteiger partial charge is 1.00 e. The Kier molecular flexibility index (Phi) is 15.5. The molecular formula is C22H35NaO5S. The van der Waals surface area contributed by atoms with Crippen LogP contribution in [-0.4, -0.2) is 27.1 Å². The summed E-state index contributed by atoms with van der Waals surface area (Å²) in [6.45, 7) is 6.14. The second-order valence-corrected chi connectivity index (χ2v) is 8.62. The molecule has 1 aromatic rings. The maximum Gasteiger partial charge on any atom is 1.00 e. The molecule has 0 saturated heterocycles. The molecule has 0 aliphatic heterocycles. The molecule has 160 valence electrons. The van der Waals surface area contributed by atoms with Gasteiger partial charge in [0.25, 0.3) is 0 Å². The van der Waals surface area contributed by atoms with E-state index in [1.54, 1.807) is 12.1 Å². The molecule has 0 aromatic heterocycles. The summed E-state index contributed by atoms with van der Waals surface area (Å²) >= 11 is 0. The van der Waals surface area contributed by atoms with Crippen molar-refractivity contribution in [2.75, 3.05) is 12.9 Å². The van der Waals surface area contributed by atoms with Gasteiger partial charge < -0.3 is 10.3 Å². The number of ketones is 1. The number of hydrogen-bond donors (Lipinski definition) is 0. The zero-order valence-corrected chi connectivity index (χ0v) is 21.1. The van der Waals surface area contributed by atoms with Gasteiger partial charge >= 0.3 is 39.7 Å². The molecule has 0 aliphatic rings. The minimum Gasteiger partial charge on any atom is -1.00 e. The van der Waals surface area contributed by atoms with Gasteiger partial charge in [-0.3, -0.25) is 4.79 Å². The summed E-state index contributed by atoms with van der Waals surface area (Å²) in [4.78, 5) is 11.7. The first-order valence-electron chi connectivity index (χ1n) is 10.2. The van der Waals surface area contributed by atoms with Crippen LogP contribution in [0.2, 0.25) is 0 Å². The Morgan fingerprint density at radius 1 is 1.00 bits per heavy atom. The third kappa shape index (κ3) is 13.2. The standard InChI is InChI=1S/C22H34O5S.Na.H/c1-4-6-7-8-9-10-11-12-13-14-17-26-21-16-15-19(20(23)5-2)18-22(21)27-28(3,24)25;;/h5,15-16,18H,2,4,6-14,17H2,1,3H3;;/q;+1;-1. The molecule has 0 aliphatic carbocycles. The SMILES string of the molecule is C=CC(=O)c1ccc(OCCCCCCCCCCCC)c(OS(C)(=O)=O)c1.[H-].[Na+]. The number of carbonyl (C=O) groups is 1. The molecule has 29 heavy (non-hydrogen) atoms. The average Bonchev–Trinajstić information content (AvgIpc) is 2.65. The van der Waals surface area contributed by atoms with Crippen molar-refractivity contribution < 1.29 is 53.1 Å². The monoisotopic (exact) mass is 434 g/mol. The summed E-state index contributed by atoms with van der Waals surface area (Å²) in [5.74, 6) is 0.0452. The Morgan fingerprint density at radius 2 is 1.55 bits per heavy atom. The van der Waals surface area contributed by atoms with Crippen molar-refractivity contribution in [3.8, 4) is 11.5 Å². The zero-order valence-electron chi connectivity index (χ0n) is 19.2. The Bertz CT molecular complexity index is 722. The van der Waals surface area contributed by atoms with Crippen LogP contribution in [0.15, 0.2) is 30.9 Å². The molecule has 7 heteroatoms. The van der Waals surface area contributed by atoms with Crippen LogP contribution in [0.25, 0.3) is 0 Å². The van der Waals surface area contributed by atoms with Gasteiger partial charge in [-0.05, 0) is 30.7 Å². The van der Waals surface area contributed by atoms with Crippen LogP contribution >= 0.6 is 0 Å². The van der Waals surface area contributed by atoms with Gasteiger partial charge in [-0.2, -0.15) is 8.42 Å². The van der Waals surface area contributed by atoms with Crippen LogP contribution in [0.3, 0.4) is 0 Å². The minimum atomic E-state index is -3.72. The fourth-order valence-electron chi connectivity index (χ4n) is 2.90. The summed E-state index contributed by atoms with van der Waals surface area (Å²) in [7, 11) is -3.72. The van der Waals surface area contributed by atoms with Crippen molar-refractivity contribution in [1.29, 1.82) is 0 Å². The molecule has 1 aromatic carbocycles. The third-order valence-electron chi connectivity index (χ3n) is 4.41. The summed E-state index contributed by atoms with van der Waals surface area (Å²) in [5.41, 5.74) is 0.305. The van der Waals surface area contributed by atoms with Crippen molar-refractivity contribution in [2.24, 2.45) is 0 Å². The molecule has 0 N–H and O–H groups in total. The third-order valence-corrected chi connectivity index (χ3v) is 4.89. The zero-order chi connectivity index (χ0) is 20.8. The predicted molar refractivity (Wildman–Crippen MR) is 115 cm³/mol. The van der Waals surface area contributed by atoms with E-state index in [1.807, 2.05) is 0 Å². The van der Waals surface area contributed by atoms with Gasteiger partial charge in [0.15, 0.2) is 17.3 Å². The number of unbranched alkanes of at least 4 members (excludes halogenated alkanes) is 9. The minimum absolute atomic E-state index is 0. The van der Waals surface area contributed by atoms with Crippen LogP contribution in [0.5, 0.6) is 11.5 Å². The molecule has 0 spiro atoms. The molecule has 0 heterocycles. The number of allylic oxidation sites excluding steroid dienone is 1. The normalized spacial score (nSPS) is 10.8. The molecule has 5 nitrogen and oxygen atoms in total. The maximum atomic E-state index is 11.7. The van der Waals surface area contributed by atoms with E-state index in [0.717, 1.165) is 19.1 Å². The van der Waals surface area contributed by atoms with Crippen LogP contribution in [0, 0.1) is 0 Å². The number of rotatable bonds is 16. The second-order valence-electron chi connectivity index (χ2n) is 7.05. The van der Waals surface area contributed by atoms with Gasteiger partial charge in [0.1, 0.15) is 0 Å². The Morgan fingerprint density at radius 3 is 2.07 bits per heavy atom. The first-order valence-corrected chi connectivity index (χ1v) is 12.0. The van der Waals surface area contributed by atoms with Crippen LogP contribution < -0.4 is 38.5 Å². The smallest absolute Gasteiger partial charge is 1.00 e. The Balaban J connectivity index is 0. The van der Waals surface area contributed by atoms with Gasteiger partial charge in [-0.1, -0.05) is 71.3 Å². The van der Waals surface area contributed by atoms with Gasteiger partial charge in [0.2, 0.25) is 0 Å². The number of benzene rings is 1. The van der Waals surface area contributed by atoms with Crippen LogP contribution in [0.4, 0.5) is 0 Å². The van der Waals surface area contributed by atoms with E-state index in [2.05, 4.69) is 13.5 Å². The van der Waals surface area contributed by atoms with E-state index in [-0.39, 0.29) is 42.5 Å². The van der Waals surface area contributed by atoms with E-state index in [1.165, 1.54) is 63.5 Å². The molecular weight excluding hydrogens is 399 g/mol. The molecule has 0 radical (unpaired) electrons. The van der Waals surface area contributed by atoms with Gasteiger partial charge in [-0.25, -0.2) is 0 Å². The maximum absolute atomic E-state index is 11.7. The Labute approximate surface area is 200 Å². The van der Waals surface area contributed by atoms with Crippen molar-refractivity contribution in [3.63, 3.8) is 0 Å². The fraction of sp³-hybridized carbons (Fsp3) is 0.591. The summed E-state index contributed by atoms with van der Waals surface area (Å²) < 4.78 is 33.6. The van der Waals surface area contributed by atoms with E-state index in [9.17, 15) is 13.2 Å². The quantitative estimate of drug-likeness (QED) is 0.132. The van der Waals surface area contributed by atoms with Crippen molar-refractivity contribution in [1.82, 2.24) is 0 Å². The van der Waals surface area contributed by atoms with E-state index < -0.39 is 10.1 Å². The first-order chi connectivity index (χ1) is 13.4. The Hall–Kier alpha value is -0.820. The molecule has 0 fully saturated rings. The van der Waals surface area contributed by atoms with Crippen molar-refractivity contribution in [2.45, 2.75) is 71.1 Å². The molecule has 0 unspecified atom stereocenters. The topological polar surface area (TPSA) is 69.7 Å². The number of hydrogen-bond acceptors (Lipinski definition) is 5. The van der Waals surface area contributed by atoms with Crippen LogP contribution in [0.1, 0.15) is 82.9 Å². The molecule has 1 rings (SSSR count). The average molecular weight is 435 g/mol. The van der Waals surface area contributed by atoms with Gasteiger partial charge in [-0.15, -0.1) is 0 Å². The fourth-order valence-corrected chi connectivity index (χ4v) is 3.35. The van der Waals surface area contributed by atoms with Crippen molar-refractivity contribution in [3.05, 3.63) is 36.4 Å². The second kappa shape index (κ2) is 15.9. The van der Waals surface area contributed by atoms with Gasteiger partial charge in [0, 0.05) is 5.56 Å². The summed E-state index contributed by atoms with van der Waals surface area (Å²) in [6.07, 6.45) is 14.4.